The van der Waals surface area contributed by atoms with Crippen LogP contribution in [0.15, 0.2) is 39.2 Å². The Hall–Kier alpha value is -2.60. The minimum absolute atomic E-state index is 0.0974. The molecule has 0 spiro atoms. The molecule has 0 radical (unpaired) electrons. The Morgan fingerprint density at radius 2 is 1.96 bits per heavy atom. The maximum Gasteiger partial charge on any atom is 0.287 e. The molecule has 5 nitrogen and oxygen atoms in total. The molecule has 0 bridgehead atoms. The van der Waals surface area contributed by atoms with E-state index in [0.29, 0.717) is 23.1 Å². The lowest BCUT2D eigenvalue weighted by atomic mass is 10.1. The first-order chi connectivity index (χ1) is 11.9. The van der Waals surface area contributed by atoms with Gasteiger partial charge in [-0.1, -0.05) is 0 Å². The highest BCUT2D eigenvalue weighted by Crippen LogP contribution is 2.26. The van der Waals surface area contributed by atoms with Crippen LogP contribution in [0, 0.1) is 19.7 Å². The number of furan rings is 2. The van der Waals surface area contributed by atoms with Crippen LogP contribution in [0.5, 0.6) is 0 Å². The van der Waals surface area contributed by atoms with E-state index in [1.54, 1.807) is 6.92 Å². The zero-order valence-corrected chi connectivity index (χ0v) is 14.7. The number of benzene rings is 1. The highest BCUT2D eigenvalue weighted by Gasteiger charge is 2.22. The summed E-state index contributed by atoms with van der Waals surface area (Å²) in [6.45, 7) is 3.99. The van der Waals surface area contributed by atoms with Crippen LogP contribution in [0.4, 0.5) is 4.39 Å². The highest BCUT2D eigenvalue weighted by molar-refractivity contribution is 5.98. The number of hydrogen-bond acceptors (Lipinski definition) is 4. The molecule has 6 heteroatoms. The van der Waals surface area contributed by atoms with Gasteiger partial charge in [-0.25, -0.2) is 4.39 Å². The first kappa shape index (κ1) is 17.2. The number of rotatable bonds is 5. The molecule has 2 heterocycles. The number of aryl methyl sites for hydroxylation is 2. The van der Waals surface area contributed by atoms with Gasteiger partial charge >= 0.3 is 0 Å². The van der Waals surface area contributed by atoms with Gasteiger partial charge in [0.2, 0.25) is 0 Å². The monoisotopic (exact) mass is 344 g/mol. The van der Waals surface area contributed by atoms with Crippen molar-refractivity contribution in [3.05, 3.63) is 59.0 Å². The van der Waals surface area contributed by atoms with Crippen LogP contribution in [0.1, 0.15) is 33.7 Å². The van der Waals surface area contributed by atoms with E-state index < -0.39 is 0 Å². The van der Waals surface area contributed by atoms with Crippen molar-refractivity contribution < 1.29 is 18.0 Å². The Labute approximate surface area is 145 Å². The molecule has 2 aromatic heterocycles. The average Bonchev–Trinajstić information content (AvgIpc) is 3.11. The van der Waals surface area contributed by atoms with E-state index >= 15 is 0 Å². The lowest BCUT2D eigenvalue weighted by molar-refractivity contribution is 0.0912. The molecule has 0 aliphatic carbocycles. The molecule has 1 amide bonds. The fourth-order valence-corrected chi connectivity index (χ4v) is 2.85. The smallest absolute Gasteiger partial charge is 0.287 e. The molecule has 25 heavy (non-hydrogen) atoms. The molecule has 132 valence electrons. The lowest BCUT2D eigenvalue weighted by Gasteiger charge is -2.22. The summed E-state index contributed by atoms with van der Waals surface area (Å²) in [6.07, 6.45) is 0. The van der Waals surface area contributed by atoms with Crippen molar-refractivity contribution in [3.8, 4) is 0 Å². The number of halogens is 1. The van der Waals surface area contributed by atoms with Crippen LogP contribution >= 0.6 is 0 Å². The van der Waals surface area contributed by atoms with Gasteiger partial charge < -0.3 is 14.2 Å². The molecule has 0 aliphatic rings. The molecule has 3 rings (SSSR count). The van der Waals surface area contributed by atoms with Gasteiger partial charge in [0.15, 0.2) is 5.76 Å². The van der Waals surface area contributed by atoms with Crippen molar-refractivity contribution in [1.29, 1.82) is 0 Å². The molecule has 0 saturated heterocycles. The zero-order valence-electron chi connectivity index (χ0n) is 14.7. The van der Waals surface area contributed by atoms with Gasteiger partial charge in [-0.15, -0.1) is 0 Å². The predicted molar refractivity (Wildman–Crippen MR) is 93.1 cm³/mol. The fraction of sp³-hybridized carbons (Fsp3) is 0.316. The summed E-state index contributed by atoms with van der Waals surface area (Å²) in [5.41, 5.74) is 1.12. The molecule has 0 aliphatic heterocycles. The standard InChI is InChI=1S/C19H21FN2O3/c1-11-5-7-17(24-11)15(22(3)4)10-21-19(23)18-12(2)14-9-13(20)6-8-16(14)25-18/h5-9,15H,10H2,1-4H3,(H,21,23). The number of nitrogens with one attached hydrogen (secondary N) is 1. The summed E-state index contributed by atoms with van der Waals surface area (Å²) in [5, 5.41) is 3.48. The maximum atomic E-state index is 13.4. The summed E-state index contributed by atoms with van der Waals surface area (Å²) in [6, 6.07) is 7.92. The van der Waals surface area contributed by atoms with E-state index in [-0.39, 0.29) is 23.5 Å². The Bertz CT molecular complexity index is 911. The SMILES string of the molecule is Cc1ccc(C(CNC(=O)c2oc3ccc(F)cc3c2C)N(C)C)o1. The van der Waals surface area contributed by atoms with Gasteiger partial charge in [-0.05, 0) is 58.3 Å². The minimum atomic E-state index is -0.357. The van der Waals surface area contributed by atoms with Crippen molar-refractivity contribution in [2.45, 2.75) is 19.9 Å². The summed E-state index contributed by atoms with van der Waals surface area (Å²) in [4.78, 5) is 14.5. The minimum Gasteiger partial charge on any atom is -0.465 e. The van der Waals surface area contributed by atoms with Gasteiger partial charge in [-0.3, -0.25) is 9.69 Å². The van der Waals surface area contributed by atoms with Crippen molar-refractivity contribution in [3.63, 3.8) is 0 Å². The van der Waals surface area contributed by atoms with Crippen molar-refractivity contribution in [1.82, 2.24) is 10.2 Å². The van der Waals surface area contributed by atoms with Gasteiger partial charge in [0.1, 0.15) is 22.9 Å². The van der Waals surface area contributed by atoms with Crippen LogP contribution in [0.3, 0.4) is 0 Å². The van der Waals surface area contributed by atoms with Crippen LogP contribution in [0.2, 0.25) is 0 Å². The van der Waals surface area contributed by atoms with Crippen LogP contribution in [0.25, 0.3) is 11.0 Å². The van der Waals surface area contributed by atoms with Gasteiger partial charge in [0, 0.05) is 17.5 Å². The topological polar surface area (TPSA) is 58.6 Å². The maximum absolute atomic E-state index is 13.4. The molecule has 0 fully saturated rings. The predicted octanol–water partition coefficient (Wildman–Crippen LogP) is 3.81. The second-order valence-corrected chi connectivity index (χ2v) is 6.33. The van der Waals surface area contributed by atoms with Crippen LogP contribution < -0.4 is 5.32 Å². The molecule has 1 N–H and O–H groups in total. The summed E-state index contributed by atoms with van der Waals surface area (Å²) in [7, 11) is 3.84. The van der Waals surface area contributed by atoms with E-state index in [2.05, 4.69) is 5.32 Å². The number of fused-ring (bicyclic) bond motifs is 1. The highest BCUT2D eigenvalue weighted by atomic mass is 19.1. The Morgan fingerprint density at radius 3 is 2.60 bits per heavy atom. The van der Waals surface area contributed by atoms with Crippen molar-refractivity contribution >= 4 is 16.9 Å². The molecule has 1 unspecified atom stereocenters. The van der Waals surface area contributed by atoms with Crippen LogP contribution in [-0.2, 0) is 0 Å². The number of amides is 1. The van der Waals surface area contributed by atoms with Crippen molar-refractivity contribution in [2.75, 3.05) is 20.6 Å². The molecular formula is C19H21FN2O3. The molecule has 0 saturated carbocycles. The van der Waals surface area contributed by atoms with Crippen molar-refractivity contribution in [2.24, 2.45) is 0 Å². The summed E-state index contributed by atoms with van der Waals surface area (Å²) < 4.78 is 24.7. The lowest BCUT2D eigenvalue weighted by Crippen LogP contribution is -2.34. The van der Waals surface area contributed by atoms with Gasteiger partial charge in [0.05, 0.1) is 6.04 Å². The Kier molecular flexibility index (Phi) is 4.63. The quantitative estimate of drug-likeness (QED) is 0.764. The van der Waals surface area contributed by atoms with E-state index in [1.807, 2.05) is 38.1 Å². The molecular weight excluding hydrogens is 323 g/mol. The van der Waals surface area contributed by atoms with Crippen LogP contribution in [-0.4, -0.2) is 31.4 Å². The zero-order chi connectivity index (χ0) is 18.1. The first-order valence-corrected chi connectivity index (χ1v) is 8.06. The Morgan fingerprint density at radius 1 is 1.20 bits per heavy atom. The first-order valence-electron chi connectivity index (χ1n) is 8.06. The number of likely N-dealkylation sites (N-methyl/N-ethyl adjacent to an activating group) is 1. The largest absolute Gasteiger partial charge is 0.465 e. The number of nitrogens with zero attached hydrogens (tertiary/aromatic N) is 1. The molecule has 1 aromatic carbocycles. The molecule has 1 atom stereocenters. The second-order valence-electron chi connectivity index (χ2n) is 6.33. The number of carbonyl (C=O) groups is 1. The third kappa shape index (κ3) is 3.44. The number of carbonyl (C=O) groups excluding carboxylic acids is 1. The molecule has 3 aromatic rings. The van der Waals surface area contributed by atoms with E-state index in [9.17, 15) is 9.18 Å². The van der Waals surface area contributed by atoms with E-state index in [0.717, 1.165) is 11.5 Å². The summed E-state index contributed by atoms with van der Waals surface area (Å²) >= 11 is 0. The van der Waals surface area contributed by atoms with E-state index in [4.69, 9.17) is 8.83 Å². The average molecular weight is 344 g/mol. The Balaban J connectivity index is 1.78. The van der Waals surface area contributed by atoms with E-state index in [1.165, 1.54) is 18.2 Å². The fourth-order valence-electron chi connectivity index (χ4n) is 2.85. The number of hydrogen-bond donors (Lipinski definition) is 1. The summed E-state index contributed by atoms with van der Waals surface area (Å²) in [5.74, 6) is 1.12. The third-order valence-electron chi connectivity index (χ3n) is 4.27. The normalized spacial score (nSPS) is 12.7. The van der Waals surface area contributed by atoms with Gasteiger partial charge in [-0.2, -0.15) is 0 Å². The van der Waals surface area contributed by atoms with Gasteiger partial charge in [0.25, 0.3) is 5.91 Å². The third-order valence-corrected chi connectivity index (χ3v) is 4.27. The second kappa shape index (κ2) is 6.72.